The van der Waals surface area contributed by atoms with E-state index >= 15 is 0 Å². The first kappa shape index (κ1) is 18.7. The van der Waals surface area contributed by atoms with Gasteiger partial charge in [0.2, 0.25) is 0 Å². The zero-order valence-corrected chi connectivity index (χ0v) is 13.5. The van der Waals surface area contributed by atoms with E-state index in [0.29, 0.717) is 0 Å². The van der Waals surface area contributed by atoms with Crippen molar-refractivity contribution < 1.29 is 31.5 Å². The van der Waals surface area contributed by atoms with Crippen molar-refractivity contribution in [3.05, 3.63) is 46.5 Å². The highest BCUT2D eigenvalue weighted by Gasteiger charge is 2.62. The molecule has 2 unspecified atom stereocenters. The summed E-state index contributed by atoms with van der Waals surface area (Å²) in [5.74, 6) is -4.17. The number of hydrogen-bond acceptors (Lipinski definition) is 2. The molecule has 2 rings (SSSR count). The molecule has 8 heteroatoms. The van der Waals surface area contributed by atoms with Gasteiger partial charge in [0.05, 0.1) is 11.5 Å². The van der Waals surface area contributed by atoms with Crippen LogP contribution in [0.5, 0.6) is 0 Å². The number of carbonyl (C=O) groups is 1. The summed E-state index contributed by atoms with van der Waals surface area (Å²) in [5.41, 5.74) is -1.19. The van der Waals surface area contributed by atoms with Crippen molar-refractivity contribution in [3.8, 4) is 0 Å². The van der Waals surface area contributed by atoms with Crippen LogP contribution in [-0.2, 0) is 16.1 Å². The second kappa shape index (κ2) is 6.35. The lowest BCUT2D eigenvalue weighted by Crippen LogP contribution is -2.12. The number of alkyl halides is 3. The summed E-state index contributed by atoms with van der Waals surface area (Å²) in [5, 5.41) is -1.31. The van der Waals surface area contributed by atoms with Crippen LogP contribution in [0.3, 0.4) is 0 Å². The molecule has 0 amide bonds. The fraction of sp³-hybridized carbons (Fsp3) is 0.438. The summed E-state index contributed by atoms with van der Waals surface area (Å²) in [4.78, 5) is 12.0. The molecule has 1 aliphatic carbocycles. The fourth-order valence-corrected chi connectivity index (χ4v) is 2.73. The van der Waals surface area contributed by atoms with Gasteiger partial charge in [-0.05, 0) is 23.5 Å². The number of rotatable bonds is 4. The second-order valence-corrected chi connectivity index (χ2v) is 6.55. The molecule has 0 radical (unpaired) electrons. The maximum absolute atomic E-state index is 13.5. The van der Waals surface area contributed by atoms with Crippen LogP contribution < -0.4 is 0 Å². The molecule has 2 atom stereocenters. The average Bonchev–Trinajstić information content (AvgIpc) is 2.98. The summed E-state index contributed by atoms with van der Waals surface area (Å²) in [6.45, 7) is 2.54. The van der Waals surface area contributed by atoms with Crippen molar-refractivity contribution in [1.29, 1.82) is 0 Å². The van der Waals surface area contributed by atoms with Crippen LogP contribution in [0.4, 0.5) is 22.0 Å². The van der Waals surface area contributed by atoms with Crippen LogP contribution in [0.1, 0.15) is 19.4 Å². The van der Waals surface area contributed by atoms with Crippen molar-refractivity contribution in [2.45, 2.75) is 26.6 Å². The van der Waals surface area contributed by atoms with Gasteiger partial charge >= 0.3 is 12.1 Å². The molecule has 0 heterocycles. The van der Waals surface area contributed by atoms with E-state index < -0.39 is 58.2 Å². The molecular weight excluding hydrogens is 355 g/mol. The van der Waals surface area contributed by atoms with E-state index in [-0.39, 0.29) is 0 Å². The van der Waals surface area contributed by atoms with E-state index in [9.17, 15) is 26.7 Å². The average molecular weight is 369 g/mol. The lowest BCUT2D eigenvalue weighted by atomic mass is 10.1. The molecule has 1 fully saturated rings. The number of benzene rings is 1. The monoisotopic (exact) mass is 368 g/mol. The maximum atomic E-state index is 13.5. The van der Waals surface area contributed by atoms with Crippen LogP contribution in [0.2, 0.25) is 0 Å². The fourth-order valence-electron chi connectivity index (χ4n) is 2.59. The minimum Gasteiger partial charge on any atom is -0.460 e. The van der Waals surface area contributed by atoms with Crippen LogP contribution >= 0.6 is 11.6 Å². The lowest BCUT2D eigenvalue weighted by molar-refractivity contribution is -0.147. The zero-order valence-electron chi connectivity index (χ0n) is 12.8. The largest absolute Gasteiger partial charge is 0.460 e. The van der Waals surface area contributed by atoms with E-state index in [1.54, 1.807) is 13.8 Å². The first-order chi connectivity index (χ1) is 11.0. The Hall–Kier alpha value is -1.63. The third kappa shape index (κ3) is 3.71. The summed E-state index contributed by atoms with van der Waals surface area (Å²) >= 11 is 5.19. The predicted molar refractivity (Wildman–Crippen MR) is 76.9 cm³/mol. The topological polar surface area (TPSA) is 26.3 Å². The molecule has 24 heavy (non-hydrogen) atoms. The Labute approximate surface area is 140 Å². The zero-order chi connectivity index (χ0) is 18.3. The van der Waals surface area contributed by atoms with Crippen LogP contribution in [0.25, 0.3) is 0 Å². The number of ether oxygens (including phenoxy) is 1. The lowest BCUT2D eigenvalue weighted by Gasteiger charge is -2.07. The summed E-state index contributed by atoms with van der Waals surface area (Å²) in [7, 11) is 0. The van der Waals surface area contributed by atoms with E-state index in [1.165, 1.54) is 6.07 Å². The van der Waals surface area contributed by atoms with Crippen molar-refractivity contribution in [1.82, 2.24) is 0 Å². The SMILES string of the molecule is CC1(C)C(/C=C(\Cl)C(F)(F)F)C1C(=O)OCc1c(F)cccc1F. The van der Waals surface area contributed by atoms with E-state index in [0.717, 1.165) is 18.2 Å². The first-order valence-corrected chi connectivity index (χ1v) is 7.38. The second-order valence-electron chi connectivity index (χ2n) is 6.15. The van der Waals surface area contributed by atoms with Gasteiger partial charge in [-0.25, -0.2) is 8.78 Å². The Morgan fingerprint density at radius 2 is 1.83 bits per heavy atom. The molecule has 0 N–H and O–H groups in total. The standard InChI is InChI=1S/C16H14ClF5O2/c1-15(2)9(6-12(17)16(20,21)22)13(15)14(23)24-7-8-10(18)4-3-5-11(8)19/h3-6,9,13H,7H2,1-2H3/b12-6-. The van der Waals surface area contributed by atoms with Crippen molar-refractivity contribution >= 4 is 17.6 Å². The minimum absolute atomic E-state index is 0.412. The predicted octanol–water partition coefficient (Wildman–Crippen LogP) is 4.97. The van der Waals surface area contributed by atoms with Crippen LogP contribution in [0, 0.1) is 28.9 Å². The number of hydrogen-bond donors (Lipinski definition) is 0. The minimum atomic E-state index is -4.69. The van der Waals surface area contributed by atoms with E-state index in [2.05, 4.69) is 0 Å². The molecule has 132 valence electrons. The molecule has 1 aromatic carbocycles. The Morgan fingerprint density at radius 1 is 1.29 bits per heavy atom. The summed E-state index contributed by atoms with van der Waals surface area (Å²) in [6.07, 6.45) is -3.91. The summed E-state index contributed by atoms with van der Waals surface area (Å²) in [6, 6.07) is 3.20. The number of esters is 1. The van der Waals surface area contributed by atoms with Gasteiger partial charge in [0.25, 0.3) is 0 Å². The van der Waals surface area contributed by atoms with E-state index in [1.807, 2.05) is 0 Å². The Kier molecular flexibility index (Phi) is 4.95. The molecule has 0 spiro atoms. The molecule has 1 aromatic rings. The van der Waals surface area contributed by atoms with Crippen molar-refractivity contribution in [3.63, 3.8) is 0 Å². The number of carbonyl (C=O) groups excluding carboxylic acids is 1. The molecule has 1 aliphatic rings. The first-order valence-electron chi connectivity index (χ1n) is 7.00. The van der Waals surface area contributed by atoms with Gasteiger partial charge in [0.1, 0.15) is 23.3 Å². The third-order valence-corrected chi connectivity index (χ3v) is 4.52. The van der Waals surface area contributed by atoms with E-state index in [4.69, 9.17) is 16.3 Å². The van der Waals surface area contributed by atoms with Gasteiger partial charge < -0.3 is 4.74 Å². The quantitative estimate of drug-likeness (QED) is 0.554. The van der Waals surface area contributed by atoms with Gasteiger partial charge in [-0.3, -0.25) is 4.79 Å². The highest BCUT2D eigenvalue weighted by atomic mass is 35.5. The van der Waals surface area contributed by atoms with Gasteiger partial charge in [-0.15, -0.1) is 0 Å². The van der Waals surface area contributed by atoms with Gasteiger partial charge in [-0.1, -0.05) is 37.6 Å². The molecule has 1 saturated carbocycles. The Balaban J connectivity index is 2.06. The molecule has 0 saturated heterocycles. The van der Waals surface area contributed by atoms with Crippen molar-refractivity contribution in [2.24, 2.45) is 17.3 Å². The Morgan fingerprint density at radius 3 is 2.33 bits per heavy atom. The van der Waals surface area contributed by atoms with Gasteiger partial charge in [-0.2, -0.15) is 13.2 Å². The molecule has 0 bridgehead atoms. The molecule has 2 nitrogen and oxygen atoms in total. The third-order valence-electron chi connectivity index (χ3n) is 4.18. The number of allylic oxidation sites excluding steroid dienone is 2. The molecule has 0 aromatic heterocycles. The smallest absolute Gasteiger partial charge is 0.426 e. The highest BCUT2D eigenvalue weighted by Crippen LogP contribution is 2.60. The summed E-state index contributed by atoms with van der Waals surface area (Å²) < 4.78 is 69.2. The molecule has 0 aliphatic heterocycles. The normalized spacial score (nSPS) is 23.1. The highest BCUT2D eigenvalue weighted by molar-refractivity contribution is 6.30. The van der Waals surface area contributed by atoms with Gasteiger partial charge in [0.15, 0.2) is 0 Å². The Bertz CT molecular complexity index is 661. The van der Waals surface area contributed by atoms with Gasteiger partial charge in [0, 0.05) is 0 Å². The van der Waals surface area contributed by atoms with Crippen molar-refractivity contribution in [2.75, 3.05) is 0 Å². The van der Waals surface area contributed by atoms with Crippen LogP contribution in [0.15, 0.2) is 29.3 Å². The van der Waals surface area contributed by atoms with Crippen LogP contribution in [-0.4, -0.2) is 12.1 Å². The molecular formula is C16H14ClF5O2. The maximum Gasteiger partial charge on any atom is 0.426 e. The number of halogens is 6.